The Morgan fingerprint density at radius 1 is 1.29 bits per heavy atom. The lowest BCUT2D eigenvalue weighted by molar-refractivity contribution is 0.570. The number of pyridine rings is 1. The van der Waals surface area contributed by atoms with E-state index in [1.807, 2.05) is 0 Å². The zero-order chi connectivity index (χ0) is 15.8. The van der Waals surface area contributed by atoms with Gasteiger partial charge in [0.1, 0.15) is 15.3 Å². The van der Waals surface area contributed by atoms with Crippen LogP contribution in [0.2, 0.25) is 0 Å². The van der Waals surface area contributed by atoms with Crippen LogP contribution in [0.25, 0.3) is 0 Å². The van der Waals surface area contributed by atoms with E-state index in [9.17, 15) is 12.8 Å². The van der Waals surface area contributed by atoms with Gasteiger partial charge < -0.3 is 5.73 Å². The van der Waals surface area contributed by atoms with Crippen LogP contribution in [0, 0.1) is 19.7 Å². The number of nitrogens with one attached hydrogen (secondary N) is 1. The van der Waals surface area contributed by atoms with Crippen molar-refractivity contribution in [2.24, 2.45) is 0 Å². The highest BCUT2D eigenvalue weighted by molar-refractivity contribution is 9.10. The van der Waals surface area contributed by atoms with E-state index < -0.39 is 20.7 Å². The minimum Gasteiger partial charge on any atom is -0.398 e. The molecule has 3 N–H and O–H groups in total. The van der Waals surface area contributed by atoms with E-state index in [-0.39, 0.29) is 11.4 Å². The highest BCUT2D eigenvalue weighted by atomic mass is 79.9. The number of anilines is 2. The SMILES string of the molecule is Cc1cc(F)c(S(=O)(=O)Nc2ccc(Br)nc2C)cc1N. The van der Waals surface area contributed by atoms with Crippen LogP contribution < -0.4 is 10.5 Å². The Morgan fingerprint density at radius 3 is 2.57 bits per heavy atom. The van der Waals surface area contributed by atoms with Crippen LogP contribution in [0.1, 0.15) is 11.3 Å². The predicted octanol–water partition coefficient (Wildman–Crippen LogP) is 2.98. The van der Waals surface area contributed by atoms with Gasteiger partial charge in [-0.2, -0.15) is 0 Å². The quantitative estimate of drug-likeness (QED) is 0.639. The molecule has 0 spiro atoms. The lowest BCUT2D eigenvalue weighted by Gasteiger charge is -2.12. The van der Waals surface area contributed by atoms with Gasteiger partial charge in [-0.3, -0.25) is 4.72 Å². The molecule has 2 rings (SSSR count). The molecule has 0 saturated carbocycles. The molecule has 0 fully saturated rings. The number of halogens is 2. The molecule has 2 aromatic rings. The fourth-order valence-corrected chi connectivity index (χ4v) is 3.32. The number of hydrogen-bond acceptors (Lipinski definition) is 4. The number of nitrogen functional groups attached to an aromatic ring is 1. The summed E-state index contributed by atoms with van der Waals surface area (Å²) in [4.78, 5) is 3.58. The summed E-state index contributed by atoms with van der Waals surface area (Å²) in [5.74, 6) is -0.850. The molecule has 0 radical (unpaired) electrons. The molecular formula is C13H13BrFN3O2S. The summed E-state index contributed by atoms with van der Waals surface area (Å²) in [5.41, 5.74) is 7.08. The third-order valence-electron chi connectivity index (χ3n) is 2.91. The van der Waals surface area contributed by atoms with E-state index in [1.165, 1.54) is 0 Å². The van der Waals surface area contributed by atoms with Crippen LogP contribution >= 0.6 is 15.9 Å². The minimum atomic E-state index is -4.08. The Hall–Kier alpha value is -1.67. The van der Waals surface area contributed by atoms with Gasteiger partial charge in [0.05, 0.1) is 11.4 Å². The summed E-state index contributed by atoms with van der Waals surface area (Å²) in [7, 11) is -4.08. The van der Waals surface area contributed by atoms with Crippen LogP contribution in [0.15, 0.2) is 33.8 Å². The number of rotatable bonds is 3. The standard InChI is InChI=1S/C13H13BrFN3O2S/c1-7-5-9(15)12(6-10(7)16)21(19,20)18-11-3-4-13(14)17-8(11)2/h3-6,18H,16H2,1-2H3. The van der Waals surface area contributed by atoms with Crippen LogP contribution in [-0.2, 0) is 10.0 Å². The first-order valence-electron chi connectivity index (χ1n) is 5.92. The van der Waals surface area contributed by atoms with Crippen LogP contribution in [0.4, 0.5) is 15.8 Å². The molecule has 1 aromatic carbocycles. The maximum absolute atomic E-state index is 13.9. The Balaban J connectivity index is 2.46. The number of nitrogens with two attached hydrogens (primary N) is 1. The maximum Gasteiger partial charge on any atom is 0.264 e. The Bertz CT molecular complexity index is 809. The van der Waals surface area contributed by atoms with Crippen molar-refractivity contribution in [2.45, 2.75) is 18.7 Å². The minimum absolute atomic E-state index is 0.211. The first kappa shape index (κ1) is 15.7. The summed E-state index contributed by atoms with van der Waals surface area (Å²) in [6, 6.07) is 5.33. The second kappa shape index (κ2) is 5.61. The van der Waals surface area contributed by atoms with E-state index in [0.717, 1.165) is 12.1 Å². The first-order valence-corrected chi connectivity index (χ1v) is 8.20. The fourth-order valence-electron chi connectivity index (χ4n) is 1.71. The van der Waals surface area contributed by atoms with E-state index in [4.69, 9.17) is 5.73 Å². The van der Waals surface area contributed by atoms with Crippen molar-refractivity contribution < 1.29 is 12.8 Å². The average Bonchev–Trinajstić information content (AvgIpc) is 2.37. The molecule has 0 aliphatic rings. The van der Waals surface area contributed by atoms with Crippen molar-refractivity contribution in [2.75, 3.05) is 10.5 Å². The fraction of sp³-hybridized carbons (Fsp3) is 0.154. The van der Waals surface area contributed by atoms with Crippen LogP contribution in [0.5, 0.6) is 0 Å². The topological polar surface area (TPSA) is 85.1 Å². The summed E-state index contributed by atoms with van der Waals surface area (Å²) < 4.78 is 41.3. The number of benzene rings is 1. The maximum atomic E-state index is 13.9. The molecule has 5 nitrogen and oxygen atoms in total. The number of nitrogens with zero attached hydrogens (tertiary/aromatic N) is 1. The third-order valence-corrected chi connectivity index (χ3v) is 4.73. The molecule has 1 heterocycles. The smallest absolute Gasteiger partial charge is 0.264 e. The third kappa shape index (κ3) is 3.33. The van der Waals surface area contributed by atoms with Crippen molar-refractivity contribution in [3.63, 3.8) is 0 Å². The van der Waals surface area contributed by atoms with Gasteiger partial charge in [-0.25, -0.2) is 17.8 Å². The molecule has 21 heavy (non-hydrogen) atoms. The predicted molar refractivity (Wildman–Crippen MR) is 83.0 cm³/mol. The van der Waals surface area contributed by atoms with Crippen molar-refractivity contribution in [1.29, 1.82) is 0 Å². The van der Waals surface area contributed by atoms with E-state index in [0.29, 0.717) is 15.9 Å². The van der Waals surface area contributed by atoms with Gasteiger partial charge in [-0.1, -0.05) is 0 Å². The summed E-state index contributed by atoms with van der Waals surface area (Å²) >= 11 is 3.19. The van der Waals surface area contributed by atoms with E-state index in [2.05, 4.69) is 25.6 Å². The molecular weight excluding hydrogens is 361 g/mol. The zero-order valence-electron chi connectivity index (χ0n) is 11.3. The van der Waals surface area contributed by atoms with Gasteiger partial charge in [0, 0.05) is 5.69 Å². The van der Waals surface area contributed by atoms with Gasteiger partial charge in [0.2, 0.25) is 0 Å². The lowest BCUT2D eigenvalue weighted by atomic mass is 10.2. The van der Waals surface area contributed by atoms with Gasteiger partial charge in [0.15, 0.2) is 0 Å². The van der Waals surface area contributed by atoms with Crippen molar-refractivity contribution in [3.05, 3.63) is 45.9 Å². The van der Waals surface area contributed by atoms with E-state index in [1.54, 1.807) is 26.0 Å². The second-order valence-corrected chi connectivity index (χ2v) is 6.97. The molecule has 1 aromatic heterocycles. The molecule has 8 heteroatoms. The normalized spacial score (nSPS) is 11.4. The first-order chi connectivity index (χ1) is 9.70. The molecule has 0 saturated heterocycles. The number of aromatic nitrogens is 1. The Labute approximate surface area is 130 Å². The molecule has 0 unspecified atom stereocenters. The lowest BCUT2D eigenvalue weighted by Crippen LogP contribution is -2.16. The van der Waals surface area contributed by atoms with Crippen LogP contribution in [-0.4, -0.2) is 13.4 Å². The van der Waals surface area contributed by atoms with Crippen molar-refractivity contribution in [3.8, 4) is 0 Å². The zero-order valence-corrected chi connectivity index (χ0v) is 13.7. The summed E-state index contributed by atoms with van der Waals surface area (Å²) in [5, 5.41) is 0. The molecule has 112 valence electrons. The van der Waals surface area contributed by atoms with Gasteiger partial charge in [0.25, 0.3) is 10.0 Å². The Morgan fingerprint density at radius 2 is 1.95 bits per heavy atom. The molecule has 0 atom stereocenters. The molecule has 0 aliphatic carbocycles. The van der Waals surface area contributed by atoms with Gasteiger partial charge in [-0.15, -0.1) is 0 Å². The van der Waals surface area contributed by atoms with Crippen molar-refractivity contribution in [1.82, 2.24) is 4.98 Å². The number of hydrogen-bond donors (Lipinski definition) is 2. The van der Waals surface area contributed by atoms with Gasteiger partial charge in [-0.05, 0) is 59.6 Å². The van der Waals surface area contributed by atoms with Crippen molar-refractivity contribution >= 4 is 37.3 Å². The highest BCUT2D eigenvalue weighted by Crippen LogP contribution is 2.25. The van der Waals surface area contributed by atoms with Crippen LogP contribution in [0.3, 0.4) is 0 Å². The van der Waals surface area contributed by atoms with Gasteiger partial charge >= 0.3 is 0 Å². The average molecular weight is 374 g/mol. The summed E-state index contributed by atoms with van der Waals surface area (Å²) in [6.07, 6.45) is 0. The summed E-state index contributed by atoms with van der Waals surface area (Å²) in [6.45, 7) is 3.24. The monoisotopic (exact) mass is 373 g/mol. The number of sulfonamides is 1. The molecule has 0 aliphatic heterocycles. The molecule has 0 amide bonds. The van der Waals surface area contributed by atoms with E-state index >= 15 is 0 Å². The Kier molecular flexibility index (Phi) is 4.20. The second-order valence-electron chi connectivity index (χ2n) is 4.51. The highest BCUT2D eigenvalue weighted by Gasteiger charge is 2.21. The largest absolute Gasteiger partial charge is 0.398 e. The molecule has 0 bridgehead atoms. The number of aryl methyl sites for hydroxylation is 2.